The topological polar surface area (TPSA) is 58.2 Å². The molecule has 2 aromatic rings. The molecule has 0 spiro atoms. The van der Waals surface area contributed by atoms with E-state index in [9.17, 15) is 18.4 Å². The molecule has 0 saturated carbocycles. The third-order valence-corrected chi connectivity index (χ3v) is 3.17. The first-order valence-corrected chi connectivity index (χ1v) is 7.11. The molecule has 2 amide bonds. The number of carbonyl (C=O) groups is 2. The lowest BCUT2D eigenvalue weighted by Crippen LogP contribution is -2.21. The first-order chi connectivity index (χ1) is 11.0. The lowest BCUT2D eigenvalue weighted by molar-refractivity contribution is -0.123. The highest BCUT2D eigenvalue weighted by atomic mass is 19.1. The van der Waals surface area contributed by atoms with E-state index in [1.54, 1.807) is 12.1 Å². The summed E-state index contributed by atoms with van der Waals surface area (Å²) in [5.74, 6) is -2.84. The SMILES string of the molecule is CCc1ccc(NC(=O)CC(=O)Nc2ccc(F)cc2F)cc1. The Hall–Kier alpha value is -2.76. The number of rotatable bonds is 5. The first-order valence-electron chi connectivity index (χ1n) is 7.11. The second kappa shape index (κ2) is 7.49. The molecule has 0 aliphatic carbocycles. The molecule has 2 aromatic carbocycles. The molecule has 4 nitrogen and oxygen atoms in total. The van der Waals surface area contributed by atoms with Gasteiger partial charge in [0, 0.05) is 11.8 Å². The Balaban J connectivity index is 1.90. The van der Waals surface area contributed by atoms with Crippen molar-refractivity contribution in [2.24, 2.45) is 0 Å². The fourth-order valence-corrected chi connectivity index (χ4v) is 1.96. The molecule has 0 heterocycles. The molecule has 23 heavy (non-hydrogen) atoms. The summed E-state index contributed by atoms with van der Waals surface area (Å²) < 4.78 is 26.2. The smallest absolute Gasteiger partial charge is 0.233 e. The van der Waals surface area contributed by atoms with E-state index in [1.807, 2.05) is 19.1 Å². The highest BCUT2D eigenvalue weighted by Gasteiger charge is 2.12. The van der Waals surface area contributed by atoms with Gasteiger partial charge in [0.2, 0.25) is 11.8 Å². The van der Waals surface area contributed by atoms with Gasteiger partial charge in [-0.2, -0.15) is 0 Å². The molecule has 2 rings (SSSR count). The quantitative estimate of drug-likeness (QED) is 0.829. The molecule has 0 radical (unpaired) electrons. The largest absolute Gasteiger partial charge is 0.326 e. The highest BCUT2D eigenvalue weighted by molar-refractivity contribution is 6.08. The maximum atomic E-state index is 13.4. The zero-order valence-corrected chi connectivity index (χ0v) is 12.5. The summed E-state index contributed by atoms with van der Waals surface area (Å²) in [4.78, 5) is 23.5. The maximum absolute atomic E-state index is 13.4. The van der Waals surface area contributed by atoms with Crippen LogP contribution in [-0.4, -0.2) is 11.8 Å². The Kier molecular flexibility index (Phi) is 5.41. The van der Waals surface area contributed by atoms with E-state index >= 15 is 0 Å². The number of anilines is 2. The third-order valence-electron chi connectivity index (χ3n) is 3.17. The predicted octanol–water partition coefficient (Wildman–Crippen LogP) is 3.49. The number of amides is 2. The van der Waals surface area contributed by atoms with Crippen LogP contribution in [0.3, 0.4) is 0 Å². The van der Waals surface area contributed by atoms with Crippen molar-refractivity contribution in [3.63, 3.8) is 0 Å². The fraction of sp³-hybridized carbons (Fsp3) is 0.176. The summed E-state index contributed by atoms with van der Waals surface area (Å²) in [6.07, 6.45) is 0.423. The van der Waals surface area contributed by atoms with Crippen LogP contribution < -0.4 is 10.6 Å². The van der Waals surface area contributed by atoms with Crippen molar-refractivity contribution in [1.82, 2.24) is 0 Å². The van der Waals surface area contributed by atoms with Crippen LogP contribution in [0, 0.1) is 11.6 Å². The number of nitrogens with one attached hydrogen (secondary N) is 2. The molecule has 0 aromatic heterocycles. The summed E-state index contributed by atoms with van der Waals surface area (Å²) in [5, 5.41) is 4.81. The van der Waals surface area contributed by atoms with Gasteiger partial charge in [-0.25, -0.2) is 8.78 Å². The van der Waals surface area contributed by atoms with Crippen LogP contribution in [0.4, 0.5) is 20.2 Å². The van der Waals surface area contributed by atoms with E-state index in [0.29, 0.717) is 11.8 Å². The van der Waals surface area contributed by atoms with E-state index < -0.39 is 29.9 Å². The number of hydrogen-bond donors (Lipinski definition) is 2. The number of hydrogen-bond acceptors (Lipinski definition) is 2. The van der Waals surface area contributed by atoms with Gasteiger partial charge < -0.3 is 10.6 Å². The molecule has 0 aliphatic heterocycles. The predicted molar refractivity (Wildman–Crippen MR) is 84.1 cm³/mol. The van der Waals surface area contributed by atoms with Crippen LogP contribution in [0.5, 0.6) is 0 Å². The minimum Gasteiger partial charge on any atom is -0.326 e. The number of aryl methyl sites for hydroxylation is 1. The van der Waals surface area contributed by atoms with E-state index in [2.05, 4.69) is 10.6 Å². The van der Waals surface area contributed by atoms with Gasteiger partial charge >= 0.3 is 0 Å². The van der Waals surface area contributed by atoms with E-state index in [0.717, 1.165) is 24.1 Å². The fourth-order valence-electron chi connectivity index (χ4n) is 1.96. The van der Waals surface area contributed by atoms with E-state index in [-0.39, 0.29) is 5.69 Å². The summed E-state index contributed by atoms with van der Waals surface area (Å²) in [7, 11) is 0. The van der Waals surface area contributed by atoms with E-state index in [1.165, 1.54) is 0 Å². The normalized spacial score (nSPS) is 10.2. The first kappa shape index (κ1) is 16.6. The number of benzene rings is 2. The summed E-state index contributed by atoms with van der Waals surface area (Å²) in [6, 6.07) is 10.0. The van der Waals surface area contributed by atoms with E-state index in [4.69, 9.17) is 0 Å². The molecule has 120 valence electrons. The van der Waals surface area contributed by atoms with Crippen molar-refractivity contribution in [3.8, 4) is 0 Å². The third kappa shape index (κ3) is 4.88. The molecule has 6 heteroatoms. The van der Waals surface area contributed by atoms with Crippen LogP contribution in [0.15, 0.2) is 42.5 Å². The standard InChI is InChI=1S/C17H16F2N2O2/c1-2-11-3-6-13(7-4-11)20-16(22)10-17(23)21-15-8-5-12(18)9-14(15)19/h3-9H,2,10H2,1H3,(H,20,22)(H,21,23). The zero-order chi connectivity index (χ0) is 16.8. The second-order valence-electron chi connectivity index (χ2n) is 4.95. The number of halogens is 2. The van der Waals surface area contributed by atoms with Crippen molar-refractivity contribution >= 4 is 23.2 Å². The Morgan fingerprint density at radius 1 is 0.957 bits per heavy atom. The molecule has 2 N–H and O–H groups in total. The average molecular weight is 318 g/mol. The Morgan fingerprint density at radius 2 is 1.61 bits per heavy atom. The van der Waals surface area contributed by atoms with Crippen molar-refractivity contribution in [3.05, 3.63) is 59.7 Å². The lowest BCUT2D eigenvalue weighted by atomic mass is 10.1. The van der Waals surface area contributed by atoms with Gasteiger partial charge in [0.05, 0.1) is 5.69 Å². The van der Waals surface area contributed by atoms with Gasteiger partial charge in [-0.1, -0.05) is 19.1 Å². The van der Waals surface area contributed by atoms with Gasteiger partial charge in [0.25, 0.3) is 0 Å². The minimum absolute atomic E-state index is 0.170. The van der Waals surface area contributed by atoms with Crippen LogP contribution >= 0.6 is 0 Å². The van der Waals surface area contributed by atoms with Crippen molar-refractivity contribution < 1.29 is 18.4 Å². The summed E-state index contributed by atoms with van der Waals surface area (Å²) in [6.45, 7) is 2.02. The van der Waals surface area contributed by atoms with Crippen molar-refractivity contribution in [2.45, 2.75) is 19.8 Å². The van der Waals surface area contributed by atoms with Gasteiger partial charge in [0.1, 0.15) is 18.1 Å². The molecule has 0 unspecified atom stereocenters. The molecule has 0 aliphatic rings. The Labute approximate surface area is 132 Å². The van der Waals surface area contributed by atoms with Gasteiger partial charge in [-0.3, -0.25) is 9.59 Å². The van der Waals surface area contributed by atoms with Gasteiger partial charge in [-0.05, 0) is 36.2 Å². The Morgan fingerprint density at radius 3 is 2.22 bits per heavy atom. The molecular weight excluding hydrogens is 302 g/mol. The average Bonchev–Trinajstić information content (AvgIpc) is 2.50. The van der Waals surface area contributed by atoms with Crippen molar-refractivity contribution in [1.29, 1.82) is 0 Å². The van der Waals surface area contributed by atoms with Crippen LogP contribution in [0.2, 0.25) is 0 Å². The molecule has 0 fully saturated rings. The zero-order valence-electron chi connectivity index (χ0n) is 12.5. The second-order valence-corrected chi connectivity index (χ2v) is 4.95. The van der Waals surface area contributed by atoms with Crippen LogP contribution in [0.25, 0.3) is 0 Å². The summed E-state index contributed by atoms with van der Waals surface area (Å²) in [5.41, 5.74) is 1.54. The summed E-state index contributed by atoms with van der Waals surface area (Å²) >= 11 is 0. The lowest BCUT2D eigenvalue weighted by Gasteiger charge is -2.08. The molecular formula is C17H16F2N2O2. The highest BCUT2D eigenvalue weighted by Crippen LogP contribution is 2.15. The van der Waals surface area contributed by atoms with Gasteiger partial charge in [0.15, 0.2) is 0 Å². The van der Waals surface area contributed by atoms with Gasteiger partial charge in [-0.15, -0.1) is 0 Å². The van der Waals surface area contributed by atoms with Crippen LogP contribution in [0.1, 0.15) is 18.9 Å². The van der Waals surface area contributed by atoms with Crippen LogP contribution in [-0.2, 0) is 16.0 Å². The number of carbonyl (C=O) groups excluding carboxylic acids is 2. The monoisotopic (exact) mass is 318 g/mol. The molecule has 0 saturated heterocycles. The molecule has 0 bridgehead atoms. The molecule has 0 atom stereocenters. The minimum atomic E-state index is -0.895. The van der Waals surface area contributed by atoms with Crippen molar-refractivity contribution in [2.75, 3.05) is 10.6 Å². The Bertz CT molecular complexity index is 715. The maximum Gasteiger partial charge on any atom is 0.233 e.